The van der Waals surface area contributed by atoms with Crippen LogP contribution < -0.4 is 10.0 Å². The molecule has 2 heterocycles. The lowest BCUT2D eigenvalue weighted by atomic mass is 9.92. The molecule has 4 aromatic carbocycles. The largest absolute Gasteiger partial charge is 0.475 e. The summed E-state index contributed by atoms with van der Waals surface area (Å²) >= 11 is 0. The molecular formula is C30H26NO2P. The van der Waals surface area contributed by atoms with Gasteiger partial charge in [0.15, 0.2) is 13.0 Å². The molecule has 0 amide bonds. The van der Waals surface area contributed by atoms with E-state index in [1.54, 1.807) is 6.20 Å². The van der Waals surface area contributed by atoms with E-state index < -0.39 is 18.1 Å². The van der Waals surface area contributed by atoms with Crippen LogP contribution in [0, 0.1) is 0 Å². The highest BCUT2D eigenvalue weighted by molar-refractivity contribution is 7.74. The number of fused-ring (bicyclic) bond motifs is 3. The summed E-state index contributed by atoms with van der Waals surface area (Å²) in [5, 5.41) is 4.95. The summed E-state index contributed by atoms with van der Waals surface area (Å²) in [5.74, 6) is 0.0921. The van der Waals surface area contributed by atoms with Gasteiger partial charge in [0, 0.05) is 11.4 Å². The smallest absolute Gasteiger partial charge is 0.197 e. The van der Waals surface area contributed by atoms with Gasteiger partial charge in [0.25, 0.3) is 0 Å². The predicted molar refractivity (Wildman–Crippen MR) is 141 cm³/mol. The van der Waals surface area contributed by atoms with E-state index in [1.807, 2.05) is 30.3 Å². The zero-order valence-corrected chi connectivity index (χ0v) is 20.4. The van der Waals surface area contributed by atoms with Crippen molar-refractivity contribution in [2.24, 2.45) is 0 Å². The second-order valence-corrected chi connectivity index (χ2v) is 13.5. The Hall–Kier alpha value is -3.42. The Morgan fingerprint density at radius 1 is 0.794 bits per heavy atom. The Balaban J connectivity index is 1.73. The molecule has 0 radical (unpaired) electrons. The van der Waals surface area contributed by atoms with Crippen LogP contribution in [0.3, 0.4) is 0 Å². The van der Waals surface area contributed by atoms with Crippen LogP contribution in [0.4, 0.5) is 0 Å². The fraction of sp³-hybridized carbons (Fsp3) is 0.167. The number of pyridine rings is 1. The zero-order valence-electron chi connectivity index (χ0n) is 19.5. The number of nitrogens with zero attached hydrogens (tertiary/aromatic N) is 1. The quantitative estimate of drug-likeness (QED) is 0.197. The highest BCUT2D eigenvalue weighted by Gasteiger charge is 2.55. The van der Waals surface area contributed by atoms with Crippen molar-refractivity contribution in [1.82, 2.24) is 4.98 Å². The molecule has 1 aliphatic heterocycles. The number of aromatic nitrogens is 1. The second kappa shape index (κ2) is 7.55. The molecule has 6 rings (SSSR count). The van der Waals surface area contributed by atoms with Crippen molar-refractivity contribution in [3.8, 4) is 16.9 Å². The lowest BCUT2D eigenvalue weighted by Gasteiger charge is -2.32. The van der Waals surface area contributed by atoms with Crippen LogP contribution in [0.5, 0.6) is 5.75 Å². The molecule has 0 fully saturated rings. The van der Waals surface area contributed by atoms with Gasteiger partial charge < -0.3 is 9.30 Å². The maximum absolute atomic E-state index is 15.3. The lowest BCUT2D eigenvalue weighted by Crippen LogP contribution is -2.25. The number of benzene rings is 4. The molecule has 0 N–H and O–H groups in total. The van der Waals surface area contributed by atoms with E-state index in [-0.39, 0.29) is 0 Å². The molecule has 34 heavy (non-hydrogen) atoms. The van der Waals surface area contributed by atoms with Gasteiger partial charge in [0.1, 0.15) is 5.75 Å². The molecule has 0 aliphatic carbocycles. The standard InChI is InChI=1S/C30H26NO2P/c1-30(2,3)34(32)28-24(15-10-17-26(28)33-29(34)25-16-8-9-18-31-25)27-22-13-6-4-11-20(22)19-21-12-5-7-14-23(21)27/h4-19,29H,1-3H3/t29-,34+/m1/s1. The summed E-state index contributed by atoms with van der Waals surface area (Å²) in [6, 6.07) is 30.9. The summed E-state index contributed by atoms with van der Waals surface area (Å²) in [5.41, 5.74) is 2.81. The van der Waals surface area contributed by atoms with Gasteiger partial charge in [-0.25, -0.2) is 0 Å². The molecule has 2 atom stereocenters. The zero-order chi connectivity index (χ0) is 23.5. The first kappa shape index (κ1) is 21.1. The van der Waals surface area contributed by atoms with Crippen LogP contribution in [0.25, 0.3) is 32.7 Å². The van der Waals surface area contributed by atoms with Crippen LogP contribution in [-0.4, -0.2) is 10.1 Å². The Morgan fingerprint density at radius 3 is 2.06 bits per heavy atom. The van der Waals surface area contributed by atoms with Gasteiger partial charge in [0.05, 0.1) is 11.0 Å². The van der Waals surface area contributed by atoms with Crippen molar-refractivity contribution < 1.29 is 9.30 Å². The average Bonchev–Trinajstić information content (AvgIpc) is 3.17. The van der Waals surface area contributed by atoms with Crippen LogP contribution >= 0.6 is 7.14 Å². The van der Waals surface area contributed by atoms with Gasteiger partial charge in [-0.3, -0.25) is 4.98 Å². The van der Waals surface area contributed by atoms with E-state index in [0.29, 0.717) is 11.4 Å². The SMILES string of the molecule is CC(C)(C)[P@]1(=O)c2c(cccc2-c2c3ccccc3cc3ccccc23)O[C@H]1c1ccccn1. The fourth-order valence-corrected chi connectivity index (χ4v) is 8.63. The Labute approximate surface area is 199 Å². The third-order valence-electron chi connectivity index (χ3n) is 6.88. The topological polar surface area (TPSA) is 39.2 Å². The van der Waals surface area contributed by atoms with E-state index >= 15 is 4.57 Å². The van der Waals surface area contributed by atoms with E-state index in [1.165, 1.54) is 10.8 Å². The second-order valence-electron chi connectivity index (χ2n) is 9.90. The summed E-state index contributed by atoms with van der Waals surface area (Å²) in [6.45, 7) is 6.17. The fourth-order valence-electron chi connectivity index (χ4n) is 5.23. The van der Waals surface area contributed by atoms with Crippen molar-refractivity contribution in [2.45, 2.75) is 31.8 Å². The van der Waals surface area contributed by atoms with Crippen LogP contribution in [0.15, 0.2) is 97.2 Å². The molecule has 4 heteroatoms. The minimum Gasteiger partial charge on any atom is -0.475 e. The molecule has 0 unspecified atom stereocenters. The molecule has 0 spiro atoms. The molecular weight excluding hydrogens is 437 g/mol. The summed E-state index contributed by atoms with van der Waals surface area (Å²) in [6.07, 6.45) is 1.74. The maximum atomic E-state index is 15.3. The maximum Gasteiger partial charge on any atom is 0.197 e. The molecule has 1 aliphatic rings. The van der Waals surface area contributed by atoms with Crippen molar-refractivity contribution in [1.29, 1.82) is 0 Å². The van der Waals surface area contributed by atoms with Crippen LogP contribution in [0.1, 0.15) is 32.3 Å². The Bertz CT molecular complexity index is 1550. The average molecular weight is 464 g/mol. The minimum absolute atomic E-state index is 0.517. The van der Waals surface area contributed by atoms with E-state index in [9.17, 15) is 0 Å². The lowest BCUT2D eigenvalue weighted by molar-refractivity contribution is 0.286. The number of rotatable bonds is 2. The molecule has 0 saturated carbocycles. The summed E-state index contributed by atoms with van der Waals surface area (Å²) < 4.78 is 21.8. The number of ether oxygens (including phenoxy) is 1. The summed E-state index contributed by atoms with van der Waals surface area (Å²) in [7, 11) is -3.12. The monoisotopic (exact) mass is 463 g/mol. The van der Waals surface area contributed by atoms with Gasteiger partial charge >= 0.3 is 0 Å². The van der Waals surface area contributed by atoms with Crippen LogP contribution in [0.2, 0.25) is 0 Å². The van der Waals surface area contributed by atoms with Gasteiger partial charge in [-0.2, -0.15) is 0 Å². The van der Waals surface area contributed by atoms with Gasteiger partial charge in [-0.05, 0) is 56.9 Å². The Morgan fingerprint density at radius 2 is 1.44 bits per heavy atom. The molecule has 0 bridgehead atoms. The van der Waals surface area contributed by atoms with Crippen molar-refractivity contribution in [3.05, 3.63) is 103 Å². The predicted octanol–water partition coefficient (Wildman–Crippen LogP) is 7.93. The van der Waals surface area contributed by atoms with Crippen LogP contribution in [-0.2, 0) is 4.57 Å². The highest BCUT2D eigenvalue weighted by Crippen LogP contribution is 2.72. The highest BCUT2D eigenvalue weighted by atomic mass is 31.2. The molecule has 5 aromatic rings. The number of hydrogen-bond acceptors (Lipinski definition) is 3. The van der Waals surface area contributed by atoms with Gasteiger partial charge in [-0.15, -0.1) is 0 Å². The van der Waals surface area contributed by atoms with E-state index in [4.69, 9.17) is 4.74 Å². The van der Waals surface area contributed by atoms with E-state index in [0.717, 1.165) is 27.2 Å². The Kier molecular flexibility index (Phi) is 4.69. The van der Waals surface area contributed by atoms with Gasteiger partial charge in [0.2, 0.25) is 0 Å². The first-order valence-electron chi connectivity index (χ1n) is 11.6. The van der Waals surface area contributed by atoms with Gasteiger partial charge in [-0.1, -0.05) is 87.5 Å². The minimum atomic E-state index is -3.12. The van der Waals surface area contributed by atoms with Crippen molar-refractivity contribution in [2.75, 3.05) is 0 Å². The first-order chi connectivity index (χ1) is 16.4. The molecule has 168 valence electrons. The third-order valence-corrected chi connectivity index (χ3v) is 11.0. The number of hydrogen-bond donors (Lipinski definition) is 0. The van der Waals surface area contributed by atoms with Crippen molar-refractivity contribution >= 4 is 34.0 Å². The first-order valence-corrected chi connectivity index (χ1v) is 13.4. The summed E-state index contributed by atoms with van der Waals surface area (Å²) in [4.78, 5) is 4.56. The van der Waals surface area contributed by atoms with E-state index in [2.05, 4.69) is 86.4 Å². The van der Waals surface area contributed by atoms with Crippen molar-refractivity contribution in [3.63, 3.8) is 0 Å². The third kappa shape index (κ3) is 2.97. The molecule has 0 saturated heterocycles. The molecule has 1 aromatic heterocycles. The normalized spacial score (nSPS) is 19.8. The molecule has 3 nitrogen and oxygen atoms in total.